The van der Waals surface area contributed by atoms with Crippen molar-refractivity contribution in [3.63, 3.8) is 0 Å². The fourth-order valence-electron chi connectivity index (χ4n) is 5.83. The van der Waals surface area contributed by atoms with Crippen molar-refractivity contribution in [3.8, 4) is 22.3 Å². The Balaban J connectivity index is 1.37. The van der Waals surface area contributed by atoms with Crippen LogP contribution in [0.5, 0.6) is 0 Å². The van der Waals surface area contributed by atoms with Crippen LogP contribution in [0.25, 0.3) is 22.3 Å². The minimum atomic E-state index is 0.222. The van der Waals surface area contributed by atoms with Gasteiger partial charge in [0.2, 0.25) is 0 Å². The monoisotopic (exact) mass is 401 g/mol. The van der Waals surface area contributed by atoms with Gasteiger partial charge in [0.15, 0.2) is 0 Å². The summed E-state index contributed by atoms with van der Waals surface area (Å²) >= 11 is 0. The van der Waals surface area contributed by atoms with Gasteiger partial charge in [0.1, 0.15) is 0 Å². The molecule has 1 spiro atoms. The van der Waals surface area contributed by atoms with E-state index in [4.69, 9.17) is 0 Å². The number of fused-ring (bicyclic) bond motifs is 5. The van der Waals surface area contributed by atoms with E-state index >= 15 is 0 Å². The van der Waals surface area contributed by atoms with Crippen LogP contribution in [-0.2, 0) is 5.41 Å². The lowest BCUT2D eigenvalue weighted by Crippen LogP contribution is -2.21. The second-order valence-corrected chi connectivity index (χ2v) is 9.04. The zero-order chi connectivity index (χ0) is 20.8. The summed E-state index contributed by atoms with van der Waals surface area (Å²) in [5.74, 6) is 0. The van der Waals surface area contributed by atoms with Crippen molar-refractivity contribution >= 4 is 11.4 Å². The molecule has 4 aromatic rings. The van der Waals surface area contributed by atoms with Gasteiger partial charge in [-0.2, -0.15) is 0 Å². The number of hydrogen-bond acceptors (Lipinski definition) is 1. The summed E-state index contributed by atoms with van der Waals surface area (Å²) in [6, 6.07) is 35.7. The third-order valence-electron chi connectivity index (χ3n) is 7.46. The van der Waals surface area contributed by atoms with Crippen LogP contribution in [0.1, 0.15) is 36.8 Å². The van der Waals surface area contributed by atoms with Crippen LogP contribution in [0.2, 0.25) is 0 Å². The summed E-state index contributed by atoms with van der Waals surface area (Å²) in [4.78, 5) is 2.32. The Labute approximate surface area is 185 Å². The van der Waals surface area contributed by atoms with Crippen LogP contribution in [-0.4, -0.2) is 7.05 Å². The van der Waals surface area contributed by atoms with E-state index in [2.05, 4.69) is 109 Å². The molecule has 2 aliphatic rings. The van der Waals surface area contributed by atoms with E-state index in [-0.39, 0.29) is 5.41 Å². The standard InChI is InChI=1S/C30H27N/c1-31(24-15-13-23(14-16-24)22-9-3-2-4-10-22)25-17-18-27-26-11-5-6-12-28(26)30(29(27)21-25)19-7-8-20-30/h2-6,9-18,21H,7-8,19-20H2,1H3. The maximum Gasteiger partial charge on any atom is 0.0411 e. The van der Waals surface area contributed by atoms with Crippen molar-refractivity contribution in [1.29, 1.82) is 0 Å². The summed E-state index contributed by atoms with van der Waals surface area (Å²) < 4.78 is 0. The minimum absolute atomic E-state index is 0.222. The average Bonchev–Trinajstić information content (AvgIpc) is 3.44. The molecule has 4 aromatic carbocycles. The highest BCUT2D eigenvalue weighted by Gasteiger charge is 2.44. The number of nitrogens with zero attached hydrogens (tertiary/aromatic N) is 1. The third-order valence-corrected chi connectivity index (χ3v) is 7.46. The predicted octanol–water partition coefficient (Wildman–Crippen LogP) is 7.96. The minimum Gasteiger partial charge on any atom is -0.345 e. The normalized spacial score (nSPS) is 15.6. The molecule has 0 atom stereocenters. The second-order valence-electron chi connectivity index (χ2n) is 9.04. The molecule has 0 heterocycles. The van der Waals surface area contributed by atoms with Crippen LogP contribution in [0, 0.1) is 0 Å². The molecule has 1 saturated carbocycles. The molecule has 31 heavy (non-hydrogen) atoms. The van der Waals surface area contributed by atoms with E-state index in [0.717, 1.165) is 0 Å². The topological polar surface area (TPSA) is 3.24 Å². The molecule has 0 aliphatic heterocycles. The smallest absolute Gasteiger partial charge is 0.0411 e. The fourth-order valence-corrected chi connectivity index (χ4v) is 5.83. The Morgan fingerprint density at radius 1 is 0.581 bits per heavy atom. The molecule has 0 N–H and O–H groups in total. The van der Waals surface area contributed by atoms with Gasteiger partial charge in [0.25, 0.3) is 0 Å². The van der Waals surface area contributed by atoms with Gasteiger partial charge < -0.3 is 4.90 Å². The van der Waals surface area contributed by atoms with Gasteiger partial charge in [-0.1, -0.05) is 85.6 Å². The summed E-state index contributed by atoms with van der Waals surface area (Å²) in [5, 5.41) is 0. The van der Waals surface area contributed by atoms with Gasteiger partial charge in [0.05, 0.1) is 0 Å². The van der Waals surface area contributed by atoms with E-state index in [0.29, 0.717) is 0 Å². The third kappa shape index (κ3) is 2.84. The first-order valence-corrected chi connectivity index (χ1v) is 11.4. The van der Waals surface area contributed by atoms with Gasteiger partial charge in [-0.05, 0) is 70.5 Å². The molecule has 1 nitrogen and oxygen atoms in total. The Morgan fingerprint density at radius 3 is 1.97 bits per heavy atom. The zero-order valence-corrected chi connectivity index (χ0v) is 18.0. The lowest BCUT2D eigenvalue weighted by atomic mass is 9.76. The van der Waals surface area contributed by atoms with Crippen molar-refractivity contribution in [3.05, 3.63) is 108 Å². The molecule has 0 amide bonds. The summed E-state index contributed by atoms with van der Waals surface area (Å²) in [5.41, 5.74) is 11.2. The molecule has 0 radical (unpaired) electrons. The Morgan fingerprint density at radius 2 is 1.19 bits per heavy atom. The van der Waals surface area contributed by atoms with Crippen molar-refractivity contribution in [1.82, 2.24) is 0 Å². The summed E-state index contributed by atoms with van der Waals surface area (Å²) in [6.07, 6.45) is 5.20. The maximum atomic E-state index is 2.46. The molecule has 1 fully saturated rings. The summed E-state index contributed by atoms with van der Waals surface area (Å²) in [7, 11) is 2.18. The molecular formula is C30H27N. The van der Waals surface area contributed by atoms with Gasteiger partial charge in [-0.15, -0.1) is 0 Å². The molecule has 0 saturated heterocycles. The van der Waals surface area contributed by atoms with Crippen LogP contribution in [0.3, 0.4) is 0 Å². The molecule has 0 bridgehead atoms. The van der Waals surface area contributed by atoms with Gasteiger partial charge in [0, 0.05) is 23.8 Å². The molecule has 152 valence electrons. The predicted molar refractivity (Wildman–Crippen MR) is 131 cm³/mol. The van der Waals surface area contributed by atoms with Crippen molar-refractivity contribution in [2.24, 2.45) is 0 Å². The van der Waals surface area contributed by atoms with E-state index in [1.54, 1.807) is 5.56 Å². The van der Waals surface area contributed by atoms with Crippen LogP contribution in [0.4, 0.5) is 11.4 Å². The van der Waals surface area contributed by atoms with E-state index in [1.807, 2.05) is 0 Å². The van der Waals surface area contributed by atoms with Crippen molar-refractivity contribution < 1.29 is 0 Å². The first kappa shape index (κ1) is 18.4. The van der Waals surface area contributed by atoms with Gasteiger partial charge in [-0.25, -0.2) is 0 Å². The van der Waals surface area contributed by atoms with E-state index in [9.17, 15) is 0 Å². The van der Waals surface area contributed by atoms with Gasteiger partial charge in [-0.3, -0.25) is 0 Å². The molecule has 2 aliphatic carbocycles. The van der Waals surface area contributed by atoms with Crippen LogP contribution < -0.4 is 4.90 Å². The highest BCUT2D eigenvalue weighted by atomic mass is 15.1. The zero-order valence-electron chi connectivity index (χ0n) is 18.0. The highest BCUT2D eigenvalue weighted by Crippen LogP contribution is 2.57. The molecular weight excluding hydrogens is 374 g/mol. The first-order chi connectivity index (χ1) is 15.3. The quantitative estimate of drug-likeness (QED) is 0.336. The van der Waals surface area contributed by atoms with Crippen LogP contribution >= 0.6 is 0 Å². The molecule has 1 heteroatoms. The lowest BCUT2D eigenvalue weighted by Gasteiger charge is -2.28. The highest BCUT2D eigenvalue weighted by molar-refractivity contribution is 5.84. The Kier molecular flexibility index (Phi) is 4.24. The number of rotatable bonds is 3. The van der Waals surface area contributed by atoms with Crippen molar-refractivity contribution in [2.45, 2.75) is 31.1 Å². The summed E-state index contributed by atoms with van der Waals surface area (Å²) in [6.45, 7) is 0. The van der Waals surface area contributed by atoms with Gasteiger partial charge >= 0.3 is 0 Å². The first-order valence-electron chi connectivity index (χ1n) is 11.4. The number of benzene rings is 4. The second kappa shape index (κ2) is 7.13. The largest absolute Gasteiger partial charge is 0.345 e. The van der Waals surface area contributed by atoms with E-state index in [1.165, 1.54) is 64.9 Å². The Bertz CT molecular complexity index is 1230. The lowest BCUT2D eigenvalue weighted by molar-refractivity contribution is 0.550. The van der Waals surface area contributed by atoms with Crippen molar-refractivity contribution in [2.75, 3.05) is 11.9 Å². The molecule has 6 rings (SSSR count). The molecule has 0 unspecified atom stereocenters. The van der Waals surface area contributed by atoms with E-state index < -0.39 is 0 Å². The SMILES string of the molecule is CN(c1ccc(-c2ccccc2)cc1)c1ccc2c(c1)C1(CCCC1)c1ccccc1-2. The Hall–Kier alpha value is -3.32. The fraction of sp³-hybridized carbons (Fsp3) is 0.200. The maximum absolute atomic E-state index is 2.46. The van der Waals surface area contributed by atoms with Crippen LogP contribution in [0.15, 0.2) is 97.1 Å². The number of anilines is 2. The average molecular weight is 402 g/mol. The molecule has 0 aromatic heterocycles. The number of hydrogen-bond donors (Lipinski definition) is 0.